The molecule has 1 atom stereocenters. The van der Waals surface area contributed by atoms with Gasteiger partial charge in [-0.2, -0.15) is 18.3 Å². The van der Waals surface area contributed by atoms with E-state index in [1.54, 1.807) is 19.3 Å². The normalized spacial score (nSPS) is 15.9. The SMILES string of the molecule is C=CC1CCNC1=O.Cn1cc(-c2nnco2)c(Nc2ccc(C(F)(F)F)cc2)n1. The molecule has 30 heavy (non-hydrogen) atoms. The number of alkyl halides is 3. The standard InChI is InChI=1S/C13H10F3N5O.C6H9NO/c1-21-6-10(12-19-17-7-22-12)11(20-21)18-9-4-2-8(3-5-9)13(14,15)16;1-2-5-3-4-7-6(5)8/h2-7H,1H3,(H,18,20);2,5H,1,3-4H2,(H,7,8). The lowest BCUT2D eigenvalue weighted by Gasteiger charge is -2.08. The molecule has 158 valence electrons. The summed E-state index contributed by atoms with van der Waals surface area (Å²) < 4.78 is 44.3. The molecule has 1 amide bonds. The lowest BCUT2D eigenvalue weighted by molar-refractivity contribution is -0.137. The van der Waals surface area contributed by atoms with Crippen LogP contribution in [0.1, 0.15) is 12.0 Å². The fourth-order valence-electron chi connectivity index (χ4n) is 2.74. The molecule has 4 rings (SSSR count). The second kappa shape index (κ2) is 8.80. The van der Waals surface area contributed by atoms with Crippen LogP contribution in [0.4, 0.5) is 24.7 Å². The van der Waals surface area contributed by atoms with Crippen molar-refractivity contribution >= 4 is 17.4 Å². The summed E-state index contributed by atoms with van der Waals surface area (Å²) in [5.41, 5.74) is 0.309. The van der Waals surface area contributed by atoms with Crippen LogP contribution in [0.5, 0.6) is 0 Å². The van der Waals surface area contributed by atoms with Crippen LogP contribution in [0.15, 0.2) is 53.9 Å². The van der Waals surface area contributed by atoms with Gasteiger partial charge in [-0.05, 0) is 30.7 Å². The number of anilines is 2. The first kappa shape index (κ1) is 21.1. The minimum absolute atomic E-state index is 0.0787. The smallest absolute Gasteiger partial charge is 0.416 e. The Hall–Kier alpha value is -3.63. The van der Waals surface area contributed by atoms with Gasteiger partial charge in [0, 0.05) is 25.5 Å². The van der Waals surface area contributed by atoms with Crippen LogP contribution in [0.2, 0.25) is 0 Å². The molecule has 2 N–H and O–H groups in total. The molecule has 0 saturated carbocycles. The van der Waals surface area contributed by atoms with Crippen LogP contribution < -0.4 is 10.6 Å². The van der Waals surface area contributed by atoms with Crippen molar-refractivity contribution in [3.63, 3.8) is 0 Å². The molecular weight excluding hydrogens is 401 g/mol. The van der Waals surface area contributed by atoms with Gasteiger partial charge < -0.3 is 15.1 Å². The van der Waals surface area contributed by atoms with Gasteiger partial charge in [0.15, 0.2) is 5.82 Å². The van der Waals surface area contributed by atoms with Crippen LogP contribution in [0.25, 0.3) is 11.5 Å². The van der Waals surface area contributed by atoms with Crippen LogP contribution in [0, 0.1) is 5.92 Å². The molecule has 0 bridgehead atoms. The van der Waals surface area contributed by atoms with Gasteiger partial charge in [0.25, 0.3) is 5.89 Å². The topological polar surface area (TPSA) is 97.9 Å². The number of amides is 1. The maximum atomic E-state index is 12.5. The minimum atomic E-state index is -4.36. The second-order valence-electron chi connectivity index (χ2n) is 6.43. The van der Waals surface area contributed by atoms with Gasteiger partial charge >= 0.3 is 6.18 Å². The fourth-order valence-corrected chi connectivity index (χ4v) is 2.74. The third kappa shape index (κ3) is 5.04. The molecule has 11 heteroatoms. The Morgan fingerprint density at radius 3 is 2.57 bits per heavy atom. The van der Waals surface area contributed by atoms with Crippen molar-refractivity contribution in [1.82, 2.24) is 25.3 Å². The zero-order valence-electron chi connectivity index (χ0n) is 16.0. The Kier molecular flexibility index (Phi) is 6.19. The van der Waals surface area contributed by atoms with Gasteiger partial charge in [0.1, 0.15) is 5.56 Å². The van der Waals surface area contributed by atoms with E-state index in [0.29, 0.717) is 17.1 Å². The molecule has 0 aliphatic carbocycles. The number of aromatic nitrogens is 4. The van der Waals surface area contributed by atoms with E-state index >= 15 is 0 Å². The first-order valence-corrected chi connectivity index (χ1v) is 8.92. The lowest BCUT2D eigenvalue weighted by Crippen LogP contribution is -2.17. The predicted octanol–water partition coefficient (Wildman–Crippen LogP) is 3.54. The highest BCUT2D eigenvalue weighted by atomic mass is 19.4. The quantitative estimate of drug-likeness (QED) is 0.627. The van der Waals surface area contributed by atoms with Gasteiger partial charge in [-0.1, -0.05) is 6.08 Å². The number of hydrogen-bond donors (Lipinski definition) is 2. The van der Waals surface area contributed by atoms with E-state index in [1.165, 1.54) is 23.2 Å². The van der Waals surface area contributed by atoms with Crippen LogP contribution in [0.3, 0.4) is 0 Å². The number of carbonyl (C=O) groups is 1. The number of nitrogens with zero attached hydrogens (tertiary/aromatic N) is 4. The first-order chi connectivity index (χ1) is 14.3. The van der Waals surface area contributed by atoms with E-state index in [4.69, 9.17) is 4.42 Å². The van der Waals surface area contributed by atoms with Gasteiger partial charge in [-0.25, -0.2) is 0 Å². The van der Waals surface area contributed by atoms with Crippen molar-refractivity contribution in [2.75, 3.05) is 11.9 Å². The maximum Gasteiger partial charge on any atom is 0.416 e. The third-order valence-corrected chi connectivity index (χ3v) is 4.27. The lowest BCUT2D eigenvalue weighted by atomic mass is 10.1. The Labute approximate surface area is 169 Å². The monoisotopic (exact) mass is 420 g/mol. The number of nitrogens with one attached hydrogen (secondary N) is 2. The number of hydrogen-bond acceptors (Lipinski definition) is 6. The van der Waals surface area contributed by atoms with Crippen molar-refractivity contribution < 1.29 is 22.4 Å². The van der Waals surface area contributed by atoms with Gasteiger partial charge in [-0.3, -0.25) is 9.48 Å². The van der Waals surface area contributed by atoms with E-state index in [9.17, 15) is 18.0 Å². The summed E-state index contributed by atoms with van der Waals surface area (Å²) in [7, 11) is 1.71. The summed E-state index contributed by atoms with van der Waals surface area (Å²) in [4.78, 5) is 10.6. The van der Waals surface area contributed by atoms with Gasteiger partial charge in [0.05, 0.1) is 11.5 Å². The van der Waals surface area contributed by atoms with E-state index in [1.807, 2.05) is 0 Å². The molecule has 1 aliphatic heterocycles. The number of aryl methyl sites for hydroxylation is 1. The molecule has 1 fully saturated rings. The molecule has 1 unspecified atom stereocenters. The number of carbonyl (C=O) groups excluding carboxylic acids is 1. The van der Waals surface area contributed by atoms with E-state index in [2.05, 4.69) is 32.5 Å². The maximum absolute atomic E-state index is 12.5. The summed E-state index contributed by atoms with van der Waals surface area (Å²) in [6.45, 7) is 4.35. The summed E-state index contributed by atoms with van der Waals surface area (Å²) in [6.07, 6.45) is 1.10. The molecule has 0 spiro atoms. The minimum Gasteiger partial charge on any atom is -0.423 e. The van der Waals surface area contributed by atoms with Gasteiger partial charge in [-0.15, -0.1) is 16.8 Å². The fraction of sp³-hybridized carbons (Fsp3) is 0.263. The number of rotatable bonds is 4. The van der Waals surface area contributed by atoms with E-state index < -0.39 is 11.7 Å². The number of halogens is 3. The molecular formula is C19H19F3N6O2. The van der Waals surface area contributed by atoms with Crippen LogP contribution in [-0.4, -0.2) is 32.4 Å². The summed E-state index contributed by atoms with van der Waals surface area (Å²) in [6, 6.07) is 4.65. The van der Waals surface area contributed by atoms with Crippen molar-refractivity contribution in [3.05, 3.63) is 55.1 Å². The third-order valence-electron chi connectivity index (χ3n) is 4.27. The first-order valence-electron chi connectivity index (χ1n) is 8.92. The zero-order chi connectivity index (χ0) is 21.7. The van der Waals surface area contributed by atoms with Crippen molar-refractivity contribution in [2.24, 2.45) is 13.0 Å². The van der Waals surface area contributed by atoms with Crippen molar-refractivity contribution in [3.8, 4) is 11.5 Å². The van der Waals surface area contributed by atoms with E-state index in [-0.39, 0.29) is 17.7 Å². The Morgan fingerprint density at radius 2 is 2.07 bits per heavy atom. The van der Waals surface area contributed by atoms with Crippen molar-refractivity contribution in [1.29, 1.82) is 0 Å². The average Bonchev–Trinajstić information content (AvgIpc) is 3.43. The van der Waals surface area contributed by atoms with Crippen molar-refractivity contribution in [2.45, 2.75) is 12.6 Å². The Balaban J connectivity index is 0.000000269. The highest BCUT2D eigenvalue weighted by Gasteiger charge is 2.30. The number of benzene rings is 1. The van der Waals surface area contributed by atoms with Crippen LogP contribution >= 0.6 is 0 Å². The van der Waals surface area contributed by atoms with E-state index in [0.717, 1.165) is 25.1 Å². The highest BCUT2D eigenvalue weighted by Crippen LogP contribution is 2.31. The largest absolute Gasteiger partial charge is 0.423 e. The molecule has 2 aromatic heterocycles. The second-order valence-corrected chi connectivity index (χ2v) is 6.43. The zero-order valence-corrected chi connectivity index (χ0v) is 16.0. The summed E-state index contributed by atoms with van der Waals surface area (Å²) in [5, 5.41) is 17.2. The highest BCUT2D eigenvalue weighted by molar-refractivity contribution is 5.82. The predicted molar refractivity (Wildman–Crippen MR) is 103 cm³/mol. The summed E-state index contributed by atoms with van der Waals surface area (Å²) in [5.74, 6) is 0.879. The Morgan fingerprint density at radius 1 is 1.33 bits per heavy atom. The summed E-state index contributed by atoms with van der Waals surface area (Å²) >= 11 is 0. The van der Waals surface area contributed by atoms with Crippen LogP contribution in [-0.2, 0) is 18.0 Å². The molecule has 1 saturated heterocycles. The average molecular weight is 420 g/mol. The molecule has 0 radical (unpaired) electrons. The molecule has 3 heterocycles. The Bertz CT molecular complexity index is 996. The van der Waals surface area contributed by atoms with Gasteiger partial charge in [0.2, 0.25) is 12.3 Å². The molecule has 1 aromatic carbocycles. The molecule has 8 nitrogen and oxygen atoms in total. The molecule has 3 aromatic rings. The molecule has 1 aliphatic rings.